The van der Waals surface area contributed by atoms with E-state index in [1.807, 2.05) is 24.3 Å². The summed E-state index contributed by atoms with van der Waals surface area (Å²) in [5.41, 5.74) is 17.0. The van der Waals surface area contributed by atoms with Crippen LogP contribution < -0.4 is 19.4 Å². The van der Waals surface area contributed by atoms with Crippen LogP contribution in [0.1, 0.15) is 25.0 Å². The molecule has 0 fully saturated rings. The van der Waals surface area contributed by atoms with E-state index in [2.05, 4.69) is 222 Å². The lowest BCUT2D eigenvalue weighted by molar-refractivity contribution is 0.477. The van der Waals surface area contributed by atoms with E-state index in [-0.39, 0.29) is 5.41 Å². The monoisotopic (exact) mass is 798 g/mol. The minimum Gasteiger partial charge on any atom is -0.453 e. The van der Waals surface area contributed by atoms with Gasteiger partial charge in [-0.3, -0.25) is 0 Å². The Bertz CT molecular complexity index is 3240. The Kier molecular flexibility index (Phi) is 8.12. The Hall–Kier alpha value is -8.02. The van der Waals surface area contributed by atoms with Gasteiger partial charge in [0.1, 0.15) is 0 Å². The third-order valence-corrected chi connectivity index (χ3v) is 12.7. The molecule has 2 aliphatic heterocycles. The number of anilines is 9. The number of benzene rings is 9. The molecule has 1 N–H and O–H groups in total. The number of nitrogens with zero attached hydrogens (tertiary/aromatic N) is 3. The van der Waals surface area contributed by atoms with Crippen molar-refractivity contribution >= 4 is 73.0 Å². The summed E-state index contributed by atoms with van der Waals surface area (Å²) in [7, 11) is 0. The number of ether oxygens (including phenoxy) is 1. The van der Waals surface area contributed by atoms with Crippen molar-refractivity contribution in [3.63, 3.8) is 0 Å². The molecule has 0 radical (unpaired) electrons. The van der Waals surface area contributed by atoms with Gasteiger partial charge in [-0.15, -0.1) is 0 Å². The number of hydrogen-bond acceptors (Lipinski definition) is 4. The van der Waals surface area contributed by atoms with Crippen molar-refractivity contribution in [2.24, 2.45) is 0 Å². The van der Waals surface area contributed by atoms with Gasteiger partial charge >= 0.3 is 0 Å². The molecule has 12 rings (SSSR count). The molecule has 3 heterocycles. The fourth-order valence-electron chi connectivity index (χ4n) is 9.81. The van der Waals surface area contributed by atoms with Gasteiger partial charge in [-0.05, 0) is 120 Å². The zero-order valence-electron chi connectivity index (χ0n) is 34.5. The third kappa shape index (κ3) is 5.62. The molecule has 5 heteroatoms. The predicted molar refractivity (Wildman–Crippen MR) is 257 cm³/mol. The Morgan fingerprint density at radius 1 is 0.435 bits per heavy atom. The lowest BCUT2D eigenvalue weighted by atomic mass is 9.73. The molecule has 0 saturated carbocycles. The van der Waals surface area contributed by atoms with E-state index in [0.29, 0.717) is 0 Å². The van der Waals surface area contributed by atoms with Crippen LogP contribution in [-0.2, 0) is 5.41 Å². The standard InChI is InChI=1S/C57H42N4O/c1-57(2)47-22-6-8-24-50(47)61(51-25-9-7-23-48(51)57)43-34-35-49-46(37-43)45-21-15-20-44(56(45)58-49)38-16-14-19-42(36-38)59(39-17-4-3-5-18-39)40-30-32-41(33-31-40)60-52-26-10-12-28-54(52)62-55-29-13-11-27-53(55)60/h3-37,58H,1-2H3. The maximum absolute atomic E-state index is 6.30. The van der Waals surface area contributed by atoms with Gasteiger partial charge in [-0.1, -0.05) is 123 Å². The summed E-state index contributed by atoms with van der Waals surface area (Å²) in [6.07, 6.45) is 0. The summed E-state index contributed by atoms with van der Waals surface area (Å²) >= 11 is 0. The van der Waals surface area contributed by atoms with Crippen LogP contribution in [0.15, 0.2) is 212 Å². The average Bonchev–Trinajstić information content (AvgIpc) is 3.70. The first-order chi connectivity index (χ1) is 30.5. The van der Waals surface area contributed by atoms with Crippen molar-refractivity contribution in [3.8, 4) is 22.6 Å². The fourth-order valence-corrected chi connectivity index (χ4v) is 9.81. The Balaban J connectivity index is 0.938. The summed E-state index contributed by atoms with van der Waals surface area (Å²) in [5.74, 6) is 1.68. The average molecular weight is 799 g/mol. The second kappa shape index (κ2) is 14.0. The van der Waals surface area contributed by atoms with Crippen molar-refractivity contribution in [2.75, 3.05) is 14.7 Å². The number of H-pyrrole nitrogens is 1. The SMILES string of the molecule is CC1(C)c2ccccc2N(c2ccc3[nH]c4c(-c5cccc(N(c6ccccc6)c6ccc(N7c8ccccc8Oc8ccccc87)cc6)c5)cccc4c3c2)c2ccccc21. The largest absolute Gasteiger partial charge is 0.453 e. The number of hydrogen-bond donors (Lipinski definition) is 1. The quantitative estimate of drug-likeness (QED) is 0.182. The normalized spacial score (nSPS) is 13.5. The zero-order chi connectivity index (χ0) is 41.4. The van der Waals surface area contributed by atoms with Crippen LogP contribution in [0, 0.1) is 0 Å². The van der Waals surface area contributed by atoms with E-state index in [4.69, 9.17) is 4.74 Å². The van der Waals surface area contributed by atoms with Gasteiger partial charge < -0.3 is 24.4 Å². The van der Waals surface area contributed by atoms with Gasteiger partial charge in [-0.25, -0.2) is 0 Å². The van der Waals surface area contributed by atoms with Crippen LogP contribution in [0.5, 0.6) is 11.5 Å². The Morgan fingerprint density at radius 2 is 0.984 bits per heavy atom. The first-order valence-corrected chi connectivity index (χ1v) is 21.3. The summed E-state index contributed by atoms with van der Waals surface area (Å²) in [4.78, 5) is 10.9. The topological polar surface area (TPSA) is 34.7 Å². The molecule has 9 aromatic carbocycles. The van der Waals surface area contributed by atoms with E-state index in [1.165, 1.54) is 33.3 Å². The van der Waals surface area contributed by atoms with Gasteiger partial charge in [-0.2, -0.15) is 0 Å². The van der Waals surface area contributed by atoms with Crippen molar-refractivity contribution in [1.82, 2.24) is 4.98 Å². The molecule has 0 spiro atoms. The van der Waals surface area contributed by atoms with Crippen molar-refractivity contribution in [2.45, 2.75) is 19.3 Å². The fraction of sp³-hybridized carbons (Fsp3) is 0.0526. The summed E-state index contributed by atoms with van der Waals surface area (Å²) in [6, 6.07) is 76.0. The molecule has 2 aliphatic rings. The van der Waals surface area contributed by atoms with Gasteiger partial charge in [0.2, 0.25) is 0 Å². The van der Waals surface area contributed by atoms with Crippen LogP contribution in [-0.4, -0.2) is 4.98 Å². The van der Waals surface area contributed by atoms with Crippen LogP contribution in [0.2, 0.25) is 0 Å². The molecule has 1 aromatic heterocycles. The molecule has 0 aliphatic carbocycles. The number of rotatable bonds is 6. The van der Waals surface area contributed by atoms with E-state index in [9.17, 15) is 0 Å². The molecule has 0 amide bonds. The maximum atomic E-state index is 6.30. The van der Waals surface area contributed by atoms with Gasteiger partial charge in [0, 0.05) is 55.7 Å². The Labute approximate surface area is 361 Å². The van der Waals surface area contributed by atoms with E-state index < -0.39 is 0 Å². The lowest BCUT2D eigenvalue weighted by Crippen LogP contribution is -2.30. The number of para-hydroxylation sites is 8. The highest BCUT2D eigenvalue weighted by Gasteiger charge is 2.36. The molecule has 5 nitrogen and oxygen atoms in total. The third-order valence-electron chi connectivity index (χ3n) is 12.7. The van der Waals surface area contributed by atoms with E-state index in [0.717, 1.165) is 73.5 Å². The molecule has 0 bridgehead atoms. The minimum absolute atomic E-state index is 0.111. The number of aromatic nitrogens is 1. The summed E-state index contributed by atoms with van der Waals surface area (Å²) in [6.45, 7) is 4.67. The van der Waals surface area contributed by atoms with Gasteiger partial charge in [0.05, 0.1) is 28.3 Å². The second-order valence-corrected chi connectivity index (χ2v) is 16.7. The summed E-state index contributed by atoms with van der Waals surface area (Å²) < 4.78 is 6.30. The van der Waals surface area contributed by atoms with Crippen LogP contribution in [0.4, 0.5) is 51.2 Å². The van der Waals surface area contributed by atoms with Gasteiger partial charge in [0.25, 0.3) is 0 Å². The Morgan fingerprint density at radius 3 is 1.68 bits per heavy atom. The highest BCUT2D eigenvalue weighted by atomic mass is 16.5. The lowest BCUT2D eigenvalue weighted by Gasteiger charge is -2.42. The van der Waals surface area contributed by atoms with Gasteiger partial charge in [0.15, 0.2) is 11.5 Å². The predicted octanol–water partition coefficient (Wildman–Crippen LogP) is 16.1. The van der Waals surface area contributed by atoms with Crippen LogP contribution in [0.3, 0.4) is 0 Å². The van der Waals surface area contributed by atoms with Crippen molar-refractivity contribution < 1.29 is 4.74 Å². The highest BCUT2D eigenvalue weighted by molar-refractivity contribution is 6.13. The van der Waals surface area contributed by atoms with E-state index in [1.54, 1.807) is 0 Å². The molecule has 10 aromatic rings. The molecule has 0 saturated heterocycles. The molecule has 0 atom stereocenters. The van der Waals surface area contributed by atoms with Crippen LogP contribution >= 0.6 is 0 Å². The zero-order valence-corrected chi connectivity index (χ0v) is 34.5. The van der Waals surface area contributed by atoms with Crippen molar-refractivity contribution in [3.05, 3.63) is 223 Å². The smallest absolute Gasteiger partial charge is 0.151 e. The number of fused-ring (bicyclic) bond motifs is 7. The molecule has 62 heavy (non-hydrogen) atoms. The first kappa shape index (κ1) is 35.9. The highest BCUT2D eigenvalue weighted by Crippen LogP contribution is 2.53. The minimum atomic E-state index is -0.111. The number of aromatic amines is 1. The molecule has 296 valence electrons. The molecular formula is C57H42N4O. The maximum Gasteiger partial charge on any atom is 0.151 e. The number of nitrogens with one attached hydrogen (secondary N) is 1. The molecular weight excluding hydrogens is 757 g/mol. The molecule has 0 unspecified atom stereocenters. The van der Waals surface area contributed by atoms with E-state index >= 15 is 0 Å². The van der Waals surface area contributed by atoms with Crippen molar-refractivity contribution in [1.29, 1.82) is 0 Å². The first-order valence-electron chi connectivity index (χ1n) is 21.3. The van der Waals surface area contributed by atoms with Crippen LogP contribution in [0.25, 0.3) is 32.9 Å². The second-order valence-electron chi connectivity index (χ2n) is 16.7. The summed E-state index contributed by atoms with van der Waals surface area (Å²) in [5, 5.41) is 2.40.